The van der Waals surface area contributed by atoms with E-state index in [2.05, 4.69) is 62.2 Å². The lowest BCUT2D eigenvalue weighted by atomic mass is 10.1. The average molecular weight is 424 g/mol. The number of ether oxygens (including phenoxy) is 1. The summed E-state index contributed by atoms with van der Waals surface area (Å²) >= 11 is 0. The first kappa shape index (κ1) is 22.8. The van der Waals surface area contributed by atoms with Gasteiger partial charge in [-0.15, -0.1) is 0 Å². The second kappa shape index (κ2) is 12.7. The molecular formula is C24H33N5O2. The van der Waals surface area contributed by atoms with E-state index in [0.717, 1.165) is 39.3 Å². The van der Waals surface area contributed by atoms with Gasteiger partial charge < -0.3 is 20.7 Å². The molecule has 1 fully saturated rings. The SMILES string of the molecule is CN=C(NCC(=O)NCCc1ccccc1)NCc1ccccc1CN1CCOCC1. The normalized spacial score (nSPS) is 14.8. The molecule has 3 N–H and O–H groups in total. The minimum Gasteiger partial charge on any atom is -0.379 e. The molecule has 31 heavy (non-hydrogen) atoms. The Hall–Kier alpha value is -2.90. The van der Waals surface area contributed by atoms with Gasteiger partial charge in [-0.3, -0.25) is 14.7 Å². The van der Waals surface area contributed by atoms with Crippen molar-refractivity contribution >= 4 is 11.9 Å². The van der Waals surface area contributed by atoms with Gasteiger partial charge in [-0.25, -0.2) is 0 Å². The molecule has 3 rings (SSSR count). The van der Waals surface area contributed by atoms with Crippen LogP contribution < -0.4 is 16.0 Å². The number of carbonyl (C=O) groups excluding carboxylic acids is 1. The molecule has 7 heteroatoms. The summed E-state index contributed by atoms with van der Waals surface area (Å²) < 4.78 is 5.44. The van der Waals surface area contributed by atoms with Gasteiger partial charge in [-0.05, 0) is 23.1 Å². The highest BCUT2D eigenvalue weighted by Crippen LogP contribution is 2.13. The third kappa shape index (κ3) is 8.03. The number of nitrogens with one attached hydrogen (secondary N) is 3. The van der Waals surface area contributed by atoms with Crippen molar-refractivity contribution in [3.05, 3.63) is 71.3 Å². The maximum absolute atomic E-state index is 12.1. The van der Waals surface area contributed by atoms with Crippen LogP contribution in [0.1, 0.15) is 16.7 Å². The van der Waals surface area contributed by atoms with Crippen molar-refractivity contribution < 1.29 is 9.53 Å². The molecule has 0 saturated carbocycles. The molecule has 0 unspecified atom stereocenters. The van der Waals surface area contributed by atoms with E-state index in [1.165, 1.54) is 16.7 Å². The van der Waals surface area contributed by atoms with Crippen molar-refractivity contribution in [3.63, 3.8) is 0 Å². The van der Waals surface area contributed by atoms with Crippen LogP contribution in [0.2, 0.25) is 0 Å². The van der Waals surface area contributed by atoms with E-state index in [9.17, 15) is 4.79 Å². The molecule has 1 heterocycles. The smallest absolute Gasteiger partial charge is 0.239 e. The van der Waals surface area contributed by atoms with Crippen molar-refractivity contribution in [2.45, 2.75) is 19.5 Å². The van der Waals surface area contributed by atoms with Crippen LogP contribution in [-0.2, 0) is 29.0 Å². The summed E-state index contributed by atoms with van der Waals surface area (Å²) in [5.74, 6) is 0.561. The van der Waals surface area contributed by atoms with Crippen LogP contribution in [0.3, 0.4) is 0 Å². The van der Waals surface area contributed by atoms with E-state index < -0.39 is 0 Å². The Morgan fingerprint density at radius 3 is 2.42 bits per heavy atom. The number of carbonyl (C=O) groups is 1. The predicted octanol–water partition coefficient (Wildman–Crippen LogP) is 1.54. The first-order valence-electron chi connectivity index (χ1n) is 10.9. The summed E-state index contributed by atoms with van der Waals surface area (Å²) in [5, 5.41) is 9.34. The highest BCUT2D eigenvalue weighted by Gasteiger charge is 2.13. The maximum atomic E-state index is 12.1. The number of hydrogen-bond donors (Lipinski definition) is 3. The van der Waals surface area contributed by atoms with Gasteiger partial charge in [0, 0.05) is 39.8 Å². The van der Waals surface area contributed by atoms with Crippen LogP contribution in [0.25, 0.3) is 0 Å². The first-order valence-corrected chi connectivity index (χ1v) is 10.9. The van der Waals surface area contributed by atoms with Gasteiger partial charge in [-0.2, -0.15) is 0 Å². The Balaban J connectivity index is 1.40. The molecule has 0 radical (unpaired) electrons. The number of benzene rings is 2. The molecule has 0 bridgehead atoms. The molecule has 1 saturated heterocycles. The summed E-state index contributed by atoms with van der Waals surface area (Å²) in [6.07, 6.45) is 0.819. The summed E-state index contributed by atoms with van der Waals surface area (Å²) in [6, 6.07) is 18.6. The van der Waals surface area contributed by atoms with Gasteiger partial charge >= 0.3 is 0 Å². The van der Waals surface area contributed by atoms with Crippen molar-refractivity contribution in [3.8, 4) is 0 Å². The molecule has 7 nitrogen and oxygen atoms in total. The predicted molar refractivity (Wildman–Crippen MR) is 124 cm³/mol. The molecule has 1 aliphatic rings. The fourth-order valence-corrected chi connectivity index (χ4v) is 3.50. The molecule has 0 spiro atoms. The lowest BCUT2D eigenvalue weighted by Crippen LogP contribution is -2.43. The lowest BCUT2D eigenvalue weighted by Gasteiger charge is -2.27. The van der Waals surface area contributed by atoms with Crippen LogP contribution >= 0.6 is 0 Å². The van der Waals surface area contributed by atoms with E-state index in [-0.39, 0.29) is 12.5 Å². The minimum absolute atomic E-state index is 0.0494. The third-order valence-electron chi connectivity index (χ3n) is 5.28. The topological polar surface area (TPSA) is 78.0 Å². The van der Waals surface area contributed by atoms with E-state index in [4.69, 9.17) is 4.74 Å². The zero-order valence-corrected chi connectivity index (χ0v) is 18.3. The molecule has 2 aromatic carbocycles. The summed E-state index contributed by atoms with van der Waals surface area (Å²) in [6.45, 7) is 5.88. The van der Waals surface area contributed by atoms with E-state index in [1.54, 1.807) is 7.05 Å². The number of morpholine rings is 1. The highest BCUT2D eigenvalue weighted by molar-refractivity contribution is 5.86. The summed E-state index contributed by atoms with van der Waals surface area (Å²) in [4.78, 5) is 18.8. The summed E-state index contributed by atoms with van der Waals surface area (Å²) in [5.41, 5.74) is 3.74. The molecule has 166 valence electrons. The second-order valence-corrected chi connectivity index (χ2v) is 7.52. The van der Waals surface area contributed by atoms with Gasteiger partial charge in [0.25, 0.3) is 0 Å². The van der Waals surface area contributed by atoms with Crippen LogP contribution in [0.5, 0.6) is 0 Å². The first-order chi connectivity index (χ1) is 15.2. The maximum Gasteiger partial charge on any atom is 0.239 e. The molecular weight excluding hydrogens is 390 g/mol. The van der Waals surface area contributed by atoms with Gasteiger partial charge in [0.05, 0.1) is 19.8 Å². The number of guanidine groups is 1. The third-order valence-corrected chi connectivity index (χ3v) is 5.28. The van der Waals surface area contributed by atoms with Crippen molar-refractivity contribution in [1.82, 2.24) is 20.9 Å². The monoisotopic (exact) mass is 423 g/mol. The number of aliphatic imine (C=N–C) groups is 1. The Bertz CT molecular complexity index is 835. The average Bonchev–Trinajstić information content (AvgIpc) is 2.81. The van der Waals surface area contributed by atoms with Crippen LogP contribution in [-0.4, -0.2) is 63.2 Å². The zero-order valence-electron chi connectivity index (χ0n) is 18.3. The van der Waals surface area contributed by atoms with Crippen LogP contribution in [0.15, 0.2) is 59.6 Å². The van der Waals surface area contributed by atoms with Crippen molar-refractivity contribution in [1.29, 1.82) is 0 Å². The Labute approximate surface area is 184 Å². The molecule has 1 aliphatic heterocycles. The number of hydrogen-bond acceptors (Lipinski definition) is 4. The standard InChI is InChI=1S/C24H33N5O2/c1-25-24(28-18-23(30)26-12-11-20-7-3-2-4-8-20)27-17-21-9-5-6-10-22(21)19-29-13-15-31-16-14-29/h2-10H,11-19H2,1H3,(H,26,30)(H2,25,27,28). The molecule has 0 aromatic heterocycles. The molecule has 0 atom stereocenters. The largest absolute Gasteiger partial charge is 0.379 e. The fourth-order valence-electron chi connectivity index (χ4n) is 3.50. The van der Waals surface area contributed by atoms with Crippen molar-refractivity contribution in [2.24, 2.45) is 4.99 Å². The van der Waals surface area contributed by atoms with Crippen molar-refractivity contribution in [2.75, 3.05) is 46.4 Å². The van der Waals surface area contributed by atoms with E-state index >= 15 is 0 Å². The summed E-state index contributed by atoms with van der Waals surface area (Å²) in [7, 11) is 1.71. The quantitative estimate of drug-likeness (QED) is 0.421. The van der Waals surface area contributed by atoms with Crippen LogP contribution in [0.4, 0.5) is 0 Å². The number of nitrogens with zero attached hydrogens (tertiary/aromatic N) is 2. The van der Waals surface area contributed by atoms with Gasteiger partial charge in [0.2, 0.25) is 5.91 Å². The van der Waals surface area contributed by atoms with Crippen LogP contribution in [0, 0.1) is 0 Å². The molecule has 0 aliphatic carbocycles. The lowest BCUT2D eigenvalue weighted by molar-refractivity contribution is -0.119. The van der Waals surface area contributed by atoms with Gasteiger partial charge in [0.1, 0.15) is 0 Å². The fraction of sp³-hybridized carbons (Fsp3) is 0.417. The molecule has 1 amide bonds. The number of amides is 1. The molecule has 2 aromatic rings. The Morgan fingerprint density at radius 1 is 0.968 bits per heavy atom. The number of rotatable bonds is 9. The van der Waals surface area contributed by atoms with Gasteiger partial charge in [0.15, 0.2) is 5.96 Å². The van der Waals surface area contributed by atoms with E-state index in [1.807, 2.05) is 18.2 Å². The second-order valence-electron chi connectivity index (χ2n) is 7.52. The Kier molecular flexibility index (Phi) is 9.34. The van der Waals surface area contributed by atoms with Gasteiger partial charge in [-0.1, -0.05) is 54.6 Å². The Morgan fingerprint density at radius 2 is 1.68 bits per heavy atom. The highest BCUT2D eigenvalue weighted by atomic mass is 16.5. The van der Waals surface area contributed by atoms with E-state index in [0.29, 0.717) is 19.0 Å². The zero-order chi connectivity index (χ0) is 21.7. The minimum atomic E-state index is -0.0494.